The average molecular weight is 354 g/mol. The molecule has 138 valence electrons. The zero-order valence-electron chi connectivity index (χ0n) is 15.2. The van der Waals surface area contributed by atoms with E-state index in [-0.39, 0.29) is 17.4 Å². The molecule has 0 amide bonds. The molecule has 2 saturated heterocycles. The number of nitrogens with one attached hydrogen (secondary N) is 2. The van der Waals surface area contributed by atoms with Crippen molar-refractivity contribution in [1.82, 2.24) is 15.3 Å². The van der Waals surface area contributed by atoms with Gasteiger partial charge < -0.3 is 15.0 Å². The minimum atomic E-state index is -0.0631. The second-order valence-corrected chi connectivity index (χ2v) is 7.19. The molecule has 0 unspecified atom stereocenters. The van der Waals surface area contributed by atoms with Crippen molar-refractivity contribution < 1.29 is 4.74 Å². The third kappa shape index (κ3) is 3.46. The van der Waals surface area contributed by atoms with Gasteiger partial charge in [0.2, 0.25) is 5.95 Å². The van der Waals surface area contributed by atoms with Gasteiger partial charge in [0.25, 0.3) is 5.56 Å². The Morgan fingerprint density at radius 1 is 1.12 bits per heavy atom. The third-order valence-corrected chi connectivity index (χ3v) is 5.52. The Balaban J connectivity index is 1.65. The molecule has 26 heavy (non-hydrogen) atoms. The first-order valence-electron chi connectivity index (χ1n) is 9.45. The topological polar surface area (TPSA) is 70.2 Å². The zero-order valence-corrected chi connectivity index (χ0v) is 15.2. The summed E-state index contributed by atoms with van der Waals surface area (Å²) in [6.07, 6.45) is 3.57. The number of hydrogen-bond donors (Lipinski definition) is 2. The molecule has 6 heteroatoms. The predicted molar refractivity (Wildman–Crippen MR) is 102 cm³/mol. The third-order valence-electron chi connectivity index (χ3n) is 5.52. The number of benzene rings is 1. The summed E-state index contributed by atoms with van der Waals surface area (Å²) in [5, 5.41) is 3.47. The van der Waals surface area contributed by atoms with E-state index in [4.69, 9.17) is 9.72 Å². The van der Waals surface area contributed by atoms with Gasteiger partial charge in [0.05, 0.1) is 12.8 Å². The summed E-state index contributed by atoms with van der Waals surface area (Å²) in [5.41, 5.74) is 2.04. The van der Waals surface area contributed by atoms with E-state index in [2.05, 4.69) is 27.3 Å². The summed E-state index contributed by atoms with van der Waals surface area (Å²) in [6, 6.07) is 9.86. The minimum absolute atomic E-state index is 0.0631. The predicted octanol–water partition coefficient (Wildman–Crippen LogP) is 2.24. The van der Waals surface area contributed by atoms with Crippen molar-refractivity contribution >= 4 is 5.95 Å². The number of aromatic nitrogens is 2. The molecule has 2 N–H and O–H groups in total. The fourth-order valence-corrected chi connectivity index (χ4v) is 4.12. The Labute approximate surface area is 153 Å². The lowest BCUT2D eigenvalue weighted by Crippen LogP contribution is -2.33. The quantitative estimate of drug-likeness (QED) is 0.881. The molecule has 2 fully saturated rings. The summed E-state index contributed by atoms with van der Waals surface area (Å²) in [5.74, 6) is 2.06. The van der Waals surface area contributed by atoms with E-state index in [0.717, 1.165) is 56.4 Å². The van der Waals surface area contributed by atoms with Crippen LogP contribution in [0.2, 0.25) is 0 Å². The van der Waals surface area contributed by atoms with Crippen LogP contribution in [-0.2, 0) is 0 Å². The number of anilines is 1. The van der Waals surface area contributed by atoms with Crippen molar-refractivity contribution in [2.24, 2.45) is 0 Å². The summed E-state index contributed by atoms with van der Waals surface area (Å²) >= 11 is 0. The first-order chi connectivity index (χ1) is 12.7. The lowest BCUT2D eigenvalue weighted by molar-refractivity contribution is 0.413. The van der Waals surface area contributed by atoms with E-state index in [1.54, 1.807) is 13.2 Å². The molecule has 4 rings (SSSR count). The van der Waals surface area contributed by atoms with Crippen LogP contribution in [0.15, 0.2) is 35.1 Å². The highest BCUT2D eigenvalue weighted by Crippen LogP contribution is 2.36. The molecule has 0 saturated carbocycles. The van der Waals surface area contributed by atoms with Crippen LogP contribution in [0, 0.1) is 0 Å². The molecule has 1 aromatic carbocycles. The highest BCUT2D eigenvalue weighted by molar-refractivity contribution is 5.37. The standard InChI is InChI=1S/C20H26N4O2/c1-26-15-7-5-6-14(10-15)16-12-21-13-17(16)18-11-19(25)23-20(22-18)24-8-3-2-4-9-24/h5-7,10-11,16-17,21H,2-4,8-9,12-13H2,1H3,(H,22,23,25)/t16-,17+/m0/s1. The van der Waals surface area contributed by atoms with Gasteiger partial charge in [0.15, 0.2) is 0 Å². The van der Waals surface area contributed by atoms with Crippen molar-refractivity contribution in [2.75, 3.05) is 38.2 Å². The summed E-state index contributed by atoms with van der Waals surface area (Å²) in [6.45, 7) is 3.65. The number of nitrogens with zero attached hydrogens (tertiary/aromatic N) is 2. The van der Waals surface area contributed by atoms with Gasteiger partial charge in [-0.25, -0.2) is 4.98 Å². The van der Waals surface area contributed by atoms with E-state index < -0.39 is 0 Å². The lowest BCUT2D eigenvalue weighted by Gasteiger charge is -2.28. The van der Waals surface area contributed by atoms with Gasteiger partial charge in [-0.05, 0) is 37.0 Å². The summed E-state index contributed by atoms with van der Waals surface area (Å²) in [7, 11) is 1.69. The van der Waals surface area contributed by atoms with Crippen LogP contribution in [-0.4, -0.2) is 43.3 Å². The fourth-order valence-electron chi connectivity index (χ4n) is 4.12. The van der Waals surface area contributed by atoms with E-state index in [9.17, 15) is 4.79 Å². The SMILES string of the molecule is COc1cccc([C@@H]2CNC[C@H]2c2cc(=O)[nH]c(N3CCCCC3)n2)c1. The smallest absolute Gasteiger partial charge is 0.252 e. The maximum atomic E-state index is 12.3. The van der Waals surface area contributed by atoms with E-state index in [0.29, 0.717) is 0 Å². The van der Waals surface area contributed by atoms with Crippen LogP contribution in [0.5, 0.6) is 5.75 Å². The van der Waals surface area contributed by atoms with E-state index in [1.807, 2.05) is 12.1 Å². The average Bonchev–Trinajstić information content (AvgIpc) is 3.18. The Bertz CT molecular complexity index is 813. The van der Waals surface area contributed by atoms with Gasteiger partial charge in [-0.2, -0.15) is 0 Å². The highest BCUT2D eigenvalue weighted by atomic mass is 16.5. The van der Waals surface area contributed by atoms with Crippen LogP contribution < -0.4 is 20.5 Å². The maximum absolute atomic E-state index is 12.3. The monoisotopic (exact) mass is 354 g/mol. The first-order valence-corrected chi connectivity index (χ1v) is 9.45. The zero-order chi connectivity index (χ0) is 17.9. The van der Waals surface area contributed by atoms with Gasteiger partial charge in [-0.1, -0.05) is 12.1 Å². The molecule has 0 radical (unpaired) electrons. The Kier molecular flexibility index (Phi) is 4.93. The van der Waals surface area contributed by atoms with Crippen LogP contribution in [0.3, 0.4) is 0 Å². The second-order valence-electron chi connectivity index (χ2n) is 7.19. The Hall–Kier alpha value is -2.34. The van der Waals surface area contributed by atoms with Crippen molar-refractivity contribution in [3.05, 3.63) is 51.9 Å². The molecule has 1 aromatic heterocycles. The number of H-pyrrole nitrogens is 1. The van der Waals surface area contributed by atoms with Crippen molar-refractivity contribution in [3.63, 3.8) is 0 Å². The summed E-state index contributed by atoms with van der Waals surface area (Å²) in [4.78, 5) is 22.3. The van der Waals surface area contributed by atoms with E-state index in [1.165, 1.54) is 12.0 Å². The van der Waals surface area contributed by atoms with Crippen molar-refractivity contribution in [2.45, 2.75) is 31.1 Å². The van der Waals surface area contributed by atoms with Gasteiger partial charge in [0.1, 0.15) is 5.75 Å². The number of hydrogen-bond acceptors (Lipinski definition) is 5. The molecule has 3 heterocycles. The highest BCUT2D eigenvalue weighted by Gasteiger charge is 2.32. The van der Waals surface area contributed by atoms with Crippen LogP contribution in [0.1, 0.15) is 42.4 Å². The number of rotatable bonds is 4. The van der Waals surface area contributed by atoms with Crippen molar-refractivity contribution in [3.8, 4) is 5.75 Å². The fraction of sp³-hybridized carbons (Fsp3) is 0.500. The van der Waals surface area contributed by atoms with Gasteiger partial charge >= 0.3 is 0 Å². The molecule has 0 bridgehead atoms. The minimum Gasteiger partial charge on any atom is -0.497 e. The number of methoxy groups -OCH3 is 1. The molecular weight excluding hydrogens is 328 g/mol. The van der Waals surface area contributed by atoms with Crippen LogP contribution in [0.25, 0.3) is 0 Å². The molecule has 2 aliphatic rings. The van der Waals surface area contributed by atoms with Gasteiger partial charge in [-0.15, -0.1) is 0 Å². The number of piperidine rings is 1. The maximum Gasteiger partial charge on any atom is 0.252 e. The van der Waals surface area contributed by atoms with Gasteiger partial charge in [0, 0.05) is 44.1 Å². The van der Waals surface area contributed by atoms with E-state index >= 15 is 0 Å². The normalized spacial score (nSPS) is 23.2. The number of aromatic amines is 1. The Morgan fingerprint density at radius 3 is 2.73 bits per heavy atom. The van der Waals surface area contributed by atoms with Crippen LogP contribution in [0.4, 0.5) is 5.95 Å². The molecular formula is C20H26N4O2. The first kappa shape index (κ1) is 17.1. The molecule has 0 spiro atoms. The van der Waals surface area contributed by atoms with Crippen molar-refractivity contribution in [1.29, 1.82) is 0 Å². The second kappa shape index (κ2) is 7.50. The number of ether oxygens (including phenoxy) is 1. The Morgan fingerprint density at radius 2 is 1.92 bits per heavy atom. The molecule has 2 aliphatic heterocycles. The molecule has 0 aliphatic carbocycles. The van der Waals surface area contributed by atoms with Crippen LogP contribution >= 0.6 is 0 Å². The molecule has 6 nitrogen and oxygen atoms in total. The lowest BCUT2D eigenvalue weighted by atomic mass is 9.86. The molecule has 2 atom stereocenters. The van der Waals surface area contributed by atoms with Gasteiger partial charge in [-0.3, -0.25) is 9.78 Å². The largest absolute Gasteiger partial charge is 0.497 e. The molecule has 2 aromatic rings. The summed E-state index contributed by atoms with van der Waals surface area (Å²) < 4.78 is 5.38.